The van der Waals surface area contributed by atoms with Gasteiger partial charge >= 0.3 is 0 Å². The Hall–Kier alpha value is -1.42. The highest BCUT2D eigenvalue weighted by Crippen LogP contribution is 2.31. The normalized spacial score (nSPS) is 14.1. The van der Waals surface area contributed by atoms with E-state index in [2.05, 4.69) is 0 Å². The molecular formula is C14H18ClNO3. The number of rotatable bonds is 6. The molecule has 19 heavy (non-hydrogen) atoms. The highest BCUT2D eigenvalue weighted by atomic mass is 35.5. The smallest absolute Gasteiger partial charge is 0.257 e. The molecule has 0 bridgehead atoms. The zero-order valence-electron chi connectivity index (χ0n) is 11.2. The van der Waals surface area contributed by atoms with Gasteiger partial charge in [-0.2, -0.15) is 0 Å². The Morgan fingerprint density at radius 1 is 1.37 bits per heavy atom. The average Bonchev–Trinajstić information content (AvgIpc) is 3.27. The lowest BCUT2D eigenvalue weighted by molar-refractivity contribution is 0.0750. The van der Waals surface area contributed by atoms with E-state index in [0.29, 0.717) is 35.5 Å². The number of amides is 1. The van der Waals surface area contributed by atoms with Crippen molar-refractivity contribution in [3.05, 3.63) is 23.8 Å². The number of benzene rings is 1. The second-order valence-electron chi connectivity index (χ2n) is 4.48. The van der Waals surface area contributed by atoms with Gasteiger partial charge < -0.3 is 14.4 Å². The fourth-order valence-corrected chi connectivity index (χ4v) is 2.24. The number of halogens is 1. The number of carbonyl (C=O) groups is 1. The second kappa shape index (κ2) is 6.15. The minimum atomic E-state index is -0.0253. The van der Waals surface area contributed by atoms with Gasteiger partial charge in [-0.3, -0.25) is 4.79 Å². The average molecular weight is 284 g/mol. The number of alkyl halides is 1. The zero-order chi connectivity index (χ0) is 13.8. The summed E-state index contributed by atoms with van der Waals surface area (Å²) in [5, 5.41) is 0. The first kappa shape index (κ1) is 14.0. The van der Waals surface area contributed by atoms with Crippen molar-refractivity contribution in [1.82, 2.24) is 4.90 Å². The van der Waals surface area contributed by atoms with Gasteiger partial charge in [0.1, 0.15) is 11.5 Å². The van der Waals surface area contributed by atoms with Crippen molar-refractivity contribution in [3.8, 4) is 11.5 Å². The Kier molecular flexibility index (Phi) is 4.53. The minimum absolute atomic E-state index is 0.0253. The van der Waals surface area contributed by atoms with Gasteiger partial charge in [0, 0.05) is 24.5 Å². The SMILES string of the molecule is COc1ccc(C(=O)N(CCCl)C2CC2)c(OC)c1. The van der Waals surface area contributed by atoms with Crippen LogP contribution in [0.1, 0.15) is 23.2 Å². The van der Waals surface area contributed by atoms with Crippen LogP contribution in [-0.2, 0) is 0 Å². The Balaban J connectivity index is 2.26. The van der Waals surface area contributed by atoms with Crippen molar-refractivity contribution < 1.29 is 14.3 Å². The molecule has 0 spiro atoms. The fourth-order valence-electron chi connectivity index (χ4n) is 2.06. The molecule has 1 aromatic carbocycles. The van der Waals surface area contributed by atoms with E-state index in [0.717, 1.165) is 12.8 Å². The summed E-state index contributed by atoms with van der Waals surface area (Å²) in [5.74, 6) is 1.62. The van der Waals surface area contributed by atoms with Gasteiger partial charge in [-0.1, -0.05) is 0 Å². The van der Waals surface area contributed by atoms with Crippen LogP contribution in [0, 0.1) is 0 Å². The Bertz CT molecular complexity index is 460. The maximum absolute atomic E-state index is 12.5. The summed E-state index contributed by atoms with van der Waals surface area (Å²) in [6.07, 6.45) is 2.11. The van der Waals surface area contributed by atoms with E-state index in [1.807, 2.05) is 4.90 Å². The fraction of sp³-hybridized carbons (Fsp3) is 0.500. The highest BCUT2D eigenvalue weighted by Gasteiger charge is 2.33. The van der Waals surface area contributed by atoms with Crippen molar-refractivity contribution in [2.45, 2.75) is 18.9 Å². The van der Waals surface area contributed by atoms with Crippen molar-refractivity contribution in [2.75, 3.05) is 26.6 Å². The standard InChI is InChI=1S/C14H18ClNO3/c1-18-11-5-6-12(13(9-11)19-2)14(17)16(8-7-15)10-3-4-10/h5-6,9-10H,3-4,7-8H2,1-2H3. The van der Waals surface area contributed by atoms with Gasteiger partial charge in [0.25, 0.3) is 5.91 Å². The van der Waals surface area contributed by atoms with Crippen molar-refractivity contribution in [3.63, 3.8) is 0 Å². The molecule has 0 aliphatic heterocycles. The molecule has 0 radical (unpaired) electrons. The molecule has 0 heterocycles. The Labute approximate surface area is 118 Å². The highest BCUT2D eigenvalue weighted by molar-refractivity contribution is 6.18. The third kappa shape index (κ3) is 3.13. The van der Waals surface area contributed by atoms with Crippen LogP contribution in [0.5, 0.6) is 11.5 Å². The van der Waals surface area contributed by atoms with E-state index in [1.165, 1.54) is 0 Å². The van der Waals surface area contributed by atoms with E-state index < -0.39 is 0 Å². The Morgan fingerprint density at radius 2 is 2.11 bits per heavy atom. The van der Waals surface area contributed by atoms with Crippen LogP contribution in [0.4, 0.5) is 0 Å². The molecule has 4 nitrogen and oxygen atoms in total. The van der Waals surface area contributed by atoms with Crippen LogP contribution < -0.4 is 9.47 Å². The molecule has 1 aliphatic rings. The molecule has 5 heteroatoms. The molecule has 1 fully saturated rings. The maximum Gasteiger partial charge on any atom is 0.257 e. The molecule has 1 saturated carbocycles. The summed E-state index contributed by atoms with van der Waals surface area (Å²) in [7, 11) is 3.13. The lowest BCUT2D eigenvalue weighted by Gasteiger charge is -2.22. The van der Waals surface area contributed by atoms with E-state index in [4.69, 9.17) is 21.1 Å². The molecule has 1 aromatic rings. The Morgan fingerprint density at radius 3 is 2.63 bits per heavy atom. The monoisotopic (exact) mass is 283 g/mol. The van der Waals surface area contributed by atoms with Crippen molar-refractivity contribution in [1.29, 1.82) is 0 Å². The van der Waals surface area contributed by atoms with Gasteiger partial charge in [-0.15, -0.1) is 11.6 Å². The molecule has 2 rings (SSSR count). The predicted molar refractivity (Wildman–Crippen MR) is 74.3 cm³/mol. The van der Waals surface area contributed by atoms with Crippen molar-refractivity contribution in [2.24, 2.45) is 0 Å². The number of hydrogen-bond acceptors (Lipinski definition) is 3. The number of methoxy groups -OCH3 is 2. The van der Waals surface area contributed by atoms with Crippen LogP contribution in [0.2, 0.25) is 0 Å². The second-order valence-corrected chi connectivity index (χ2v) is 4.86. The summed E-state index contributed by atoms with van der Waals surface area (Å²) in [6.45, 7) is 0.570. The van der Waals surface area contributed by atoms with Crippen molar-refractivity contribution >= 4 is 17.5 Å². The van der Waals surface area contributed by atoms with Gasteiger partial charge in [-0.25, -0.2) is 0 Å². The molecule has 1 aliphatic carbocycles. The number of hydrogen-bond donors (Lipinski definition) is 0. The van der Waals surface area contributed by atoms with E-state index in [1.54, 1.807) is 32.4 Å². The molecular weight excluding hydrogens is 266 g/mol. The maximum atomic E-state index is 12.5. The zero-order valence-corrected chi connectivity index (χ0v) is 11.9. The van der Waals surface area contributed by atoms with Gasteiger partial charge in [0.15, 0.2) is 0 Å². The summed E-state index contributed by atoms with van der Waals surface area (Å²) >= 11 is 5.78. The number of ether oxygens (including phenoxy) is 2. The molecule has 1 amide bonds. The molecule has 0 saturated heterocycles. The predicted octanol–water partition coefficient (Wildman–Crippen LogP) is 2.55. The minimum Gasteiger partial charge on any atom is -0.497 e. The third-order valence-electron chi connectivity index (χ3n) is 3.21. The van der Waals surface area contributed by atoms with Crippen LogP contribution in [0.3, 0.4) is 0 Å². The van der Waals surface area contributed by atoms with Gasteiger partial charge in [-0.05, 0) is 25.0 Å². The van der Waals surface area contributed by atoms with Gasteiger partial charge in [0.05, 0.1) is 19.8 Å². The molecule has 0 atom stereocenters. The van der Waals surface area contributed by atoms with Crippen LogP contribution in [-0.4, -0.2) is 43.5 Å². The van der Waals surface area contributed by atoms with Crippen LogP contribution in [0.25, 0.3) is 0 Å². The van der Waals surface area contributed by atoms with E-state index in [-0.39, 0.29) is 5.91 Å². The molecule has 0 aromatic heterocycles. The first-order chi connectivity index (χ1) is 9.21. The summed E-state index contributed by atoms with van der Waals surface area (Å²) in [4.78, 5) is 14.4. The lowest BCUT2D eigenvalue weighted by Crippen LogP contribution is -2.35. The number of carbonyl (C=O) groups excluding carboxylic acids is 1. The first-order valence-corrected chi connectivity index (χ1v) is 6.83. The van der Waals surface area contributed by atoms with E-state index >= 15 is 0 Å². The molecule has 104 valence electrons. The third-order valence-corrected chi connectivity index (χ3v) is 3.38. The van der Waals surface area contributed by atoms with Gasteiger partial charge in [0.2, 0.25) is 0 Å². The van der Waals surface area contributed by atoms with E-state index in [9.17, 15) is 4.79 Å². The summed E-state index contributed by atoms with van der Waals surface area (Å²) < 4.78 is 10.4. The first-order valence-electron chi connectivity index (χ1n) is 6.30. The molecule has 0 unspecified atom stereocenters. The number of nitrogens with zero attached hydrogens (tertiary/aromatic N) is 1. The van der Waals surface area contributed by atoms with Crippen LogP contribution in [0.15, 0.2) is 18.2 Å². The summed E-state index contributed by atoms with van der Waals surface area (Å²) in [6, 6.07) is 5.56. The quantitative estimate of drug-likeness (QED) is 0.753. The van der Waals surface area contributed by atoms with Crippen LogP contribution >= 0.6 is 11.6 Å². The summed E-state index contributed by atoms with van der Waals surface area (Å²) in [5.41, 5.74) is 0.556. The topological polar surface area (TPSA) is 38.8 Å². The molecule has 0 N–H and O–H groups in total. The largest absolute Gasteiger partial charge is 0.497 e. The lowest BCUT2D eigenvalue weighted by atomic mass is 10.1.